The zero-order valence-electron chi connectivity index (χ0n) is 10.9. The van der Waals surface area contributed by atoms with Crippen molar-refractivity contribution in [3.8, 4) is 0 Å². The van der Waals surface area contributed by atoms with Crippen molar-refractivity contribution in [2.75, 3.05) is 0 Å². The number of rotatable bonds is 1. The first kappa shape index (κ1) is 13.1. The van der Waals surface area contributed by atoms with E-state index in [1.807, 2.05) is 0 Å². The van der Waals surface area contributed by atoms with Crippen molar-refractivity contribution < 1.29 is 14.5 Å². The lowest BCUT2D eigenvalue weighted by Crippen LogP contribution is -2.26. The van der Waals surface area contributed by atoms with Crippen molar-refractivity contribution in [1.29, 1.82) is 0 Å². The van der Waals surface area contributed by atoms with E-state index in [1.54, 1.807) is 33.0 Å². The summed E-state index contributed by atoms with van der Waals surface area (Å²) in [7, 11) is 0. The number of hydrogen-bond acceptors (Lipinski definition) is 4. The second kappa shape index (κ2) is 4.38. The highest BCUT2D eigenvalue weighted by atomic mass is 16.6. The molecule has 0 bridgehead atoms. The standard InChI is InChI=1S/C13H14N2O4/c1-13(2,3)19-12(16)14-7-9-4-5-11(15(17)18)6-10(9)8-14/h4-8H,1-3H3. The Morgan fingerprint density at radius 1 is 1.26 bits per heavy atom. The van der Waals surface area contributed by atoms with Crippen molar-refractivity contribution >= 4 is 22.6 Å². The van der Waals surface area contributed by atoms with Gasteiger partial charge in [0.25, 0.3) is 5.69 Å². The molecule has 100 valence electrons. The Hall–Kier alpha value is -2.37. The van der Waals surface area contributed by atoms with Crippen LogP contribution in [0, 0.1) is 10.1 Å². The molecule has 6 nitrogen and oxygen atoms in total. The summed E-state index contributed by atoms with van der Waals surface area (Å²) in [6.07, 6.45) is 2.61. The van der Waals surface area contributed by atoms with Crippen LogP contribution in [0.25, 0.3) is 10.8 Å². The van der Waals surface area contributed by atoms with E-state index in [2.05, 4.69) is 0 Å². The first-order valence-corrected chi connectivity index (χ1v) is 5.76. The van der Waals surface area contributed by atoms with E-state index in [9.17, 15) is 14.9 Å². The second-order valence-electron chi connectivity index (χ2n) is 5.22. The summed E-state index contributed by atoms with van der Waals surface area (Å²) in [4.78, 5) is 22.1. The monoisotopic (exact) mass is 262 g/mol. The van der Waals surface area contributed by atoms with Crippen molar-refractivity contribution in [2.45, 2.75) is 26.4 Å². The molecule has 1 aromatic heterocycles. The molecule has 0 saturated carbocycles. The molecule has 2 rings (SSSR count). The third-order valence-electron chi connectivity index (χ3n) is 2.44. The number of non-ortho nitro benzene ring substituents is 1. The zero-order chi connectivity index (χ0) is 14.2. The Morgan fingerprint density at radius 3 is 2.47 bits per heavy atom. The van der Waals surface area contributed by atoms with E-state index < -0.39 is 16.6 Å². The van der Waals surface area contributed by atoms with Gasteiger partial charge in [0.15, 0.2) is 0 Å². The summed E-state index contributed by atoms with van der Waals surface area (Å²) in [5.41, 5.74) is -0.589. The third-order valence-corrected chi connectivity index (χ3v) is 2.44. The van der Waals surface area contributed by atoms with Gasteiger partial charge >= 0.3 is 6.09 Å². The Balaban J connectivity index is 2.36. The maximum atomic E-state index is 11.9. The van der Waals surface area contributed by atoms with Gasteiger partial charge in [-0.15, -0.1) is 0 Å². The van der Waals surface area contributed by atoms with Gasteiger partial charge in [-0.2, -0.15) is 0 Å². The predicted molar refractivity (Wildman–Crippen MR) is 70.2 cm³/mol. The molecule has 0 aliphatic heterocycles. The number of nitrogens with zero attached hydrogens (tertiary/aromatic N) is 2. The fourth-order valence-corrected chi connectivity index (χ4v) is 1.66. The maximum absolute atomic E-state index is 11.9. The predicted octanol–water partition coefficient (Wildman–Crippen LogP) is 3.33. The van der Waals surface area contributed by atoms with Crippen molar-refractivity contribution in [1.82, 2.24) is 4.57 Å². The summed E-state index contributed by atoms with van der Waals surface area (Å²) in [5.74, 6) is 0. The van der Waals surface area contributed by atoms with Crippen LogP contribution in [0.3, 0.4) is 0 Å². The SMILES string of the molecule is CC(C)(C)OC(=O)n1cc2ccc([N+](=O)[O-])cc2c1. The molecule has 0 saturated heterocycles. The lowest BCUT2D eigenvalue weighted by Gasteiger charge is -2.19. The molecule has 0 N–H and O–H groups in total. The van der Waals surface area contributed by atoms with Gasteiger partial charge in [-0.1, -0.05) is 0 Å². The number of carbonyl (C=O) groups excluding carboxylic acids is 1. The summed E-state index contributed by atoms with van der Waals surface area (Å²) >= 11 is 0. The molecule has 0 aliphatic carbocycles. The average Bonchev–Trinajstić information content (AvgIpc) is 2.68. The van der Waals surface area contributed by atoms with Gasteiger partial charge in [0.05, 0.1) is 4.92 Å². The first-order valence-electron chi connectivity index (χ1n) is 5.76. The Morgan fingerprint density at radius 2 is 1.89 bits per heavy atom. The number of nitro groups is 1. The summed E-state index contributed by atoms with van der Waals surface area (Å²) in [6.45, 7) is 5.33. The number of fused-ring (bicyclic) bond motifs is 1. The van der Waals surface area contributed by atoms with Crippen LogP contribution in [0.2, 0.25) is 0 Å². The molecule has 0 aliphatic rings. The van der Waals surface area contributed by atoms with Crippen LogP contribution in [-0.2, 0) is 4.74 Å². The van der Waals surface area contributed by atoms with Gasteiger partial charge in [-0.25, -0.2) is 4.79 Å². The van der Waals surface area contributed by atoms with Crippen LogP contribution in [-0.4, -0.2) is 21.2 Å². The van der Waals surface area contributed by atoms with Crippen molar-refractivity contribution in [2.24, 2.45) is 0 Å². The fourth-order valence-electron chi connectivity index (χ4n) is 1.66. The Labute approximate surface area is 109 Å². The minimum atomic E-state index is -0.584. The average molecular weight is 262 g/mol. The van der Waals surface area contributed by atoms with Crippen molar-refractivity contribution in [3.05, 3.63) is 40.7 Å². The molecular weight excluding hydrogens is 248 g/mol. The molecule has 19 heavy (non-hydrogen) atoms. The van der Waals surface area contributed by atoms with E-state index >= 15 is 0 Å². The zero-order valence-corrected chi connectivity index (χ0v) is 10.9. The van der Waals surface area contributed by atoms with Crippen LogP contribution in [0.1, 0.15) is 20.8 Å². The minimum absolute atomic E-state index is 0.00515. The number of aromatic nitrogens is 1. The van der Waals surface area contributed by atoms with E-state index in [1.165, 1.54) is 22.9 Å². The highest BCUT2D eigenvalue weighted by molar-refractivity contribution is 5.88. The highest BCUT2D eigenvalue weighted by Gasteiger charge is 2.18. The molecule has 0 spiro atoms. The van der Waals surface area contributed by atoms with E-state index in [0.29, 0.717) is 5.39 Å². The number of ether oxygens (including phenoxy) is 1. The lowest BCUT2D eigenvalue weighted by molar-refractivity contribution is -0.384. The summed E-state index contributed by atoms with van der Waals surface area (Å²) < 4.78 is 6.51. The highest BCUT2D eigenvalue weighted by Crippen LogP contribution is 2.22. The Kier molecular flexibility index (Phi) is 3.01. The summed E-state index contributed by atoms with van der Waals surface area (Å²) in [5, 5.41) is 12.1. The van der Waals surface area contributed by atoms with Crippen LogP contribution < -0.4 is 0 Å². The lowest BCUT2D eigenvalue weighted by atomic mass is 10.2. The fraction of sp³-hybridized carbons (Fsp3) is 0.308. The number of nitro benzene ring substituents is 1. The van der Waals surface area contributed by atoms with Gasteiger partial charge in [0, 0.05) is 35.3 Å². The van der Waals surface area contributed by atoms with E-state index in [0.717, 1.165) is 5.39 Å². The molecule has 6 heteroatoms. The quantitative estimate of drug-likeness (QED) is 0.583. The van der Waals surface area contributed by atoms with Gasteiger partial charge in [0.2, 0.25) is 0 Å². The van der Waals surface area contributed by atoms with E-state index in [4.69, 9.17) is 4.74 Å². The number of carbonyl (C=O) groups is 1. The smallest absolute Gasteiger partial charge is 0.418 e. The number of benzene rings is 1. The van der Waals surface area contributed by atoms with Gasteiger partial charge in [-0.05, 0) is 26.8 Å². The molecule has 0 radical (unpaired) electrons. The molecule has 1 aromatic carbocycles. The van der Waals surface area contributed by atoms with Crippen LogP contribution in [0.15, 0.2) is 30.6 Å². The van der Waals surface area contributed by atoms with Crippen molar-refractivity contribution in [3.63, 3.8) is 0 Å². The molecule has 1 heterocycles. The van der Waals surface area contributed by atoms with Gasteiger partial charge < -0.3 is 4.74 Å². The molecule has 0 amide bonds. The number of hydrogen-bond donors (Lipinski definition) is 0. The van der Waals surface area contributed by atoms with Crippen LogP contribution in [0.5, 0.6) is 0 Å². The van der Waals surface area contributed by atoms with E-state index in [-0.39, 0.29) is 5.69 Å². The second-order valence-corrected chi connectivity index (χ2v) is 5.22. The first-order chi connectivity index (χ1) is 8.76. The normalized spacial score (nSPS) is 11.5. The van der Waals surface area contributed by atoms with Gasteiger partial charge in [0.1, 0.15) is 5.60 Å². The van der Waals surface area contributed by atoms with Crippen LogP contribution >= 0.6 is 0 Å². The molecule has 0 unspecified atom stereocenters. The topological polar surface area (TPSA) is 74.4 Å². The van der Waals surface area contributed by atoms with Gasteiger partial charge in [-0.3, -0.25) is 14.7 Å². The molecular formula is C13H14N2O4. The molecule has 2 aromatic rings. The largest absolute Gasteiger partial charge is 0.443 e. The maximum Gasteiger partial charge on any atom is 0.418 e. The molecule has 0 fully saturated rings. The van der Waals surface area contributed by atoms with Crippen LogP contribution in [0.4, 0.5) is 10.5 Å². The third kappa shape index (κ3) is 2.90. The Bertz CT molecular complexity index is 652. The minimum Gasteiger partial charge on any atom is -0.443 e. The summed E-state index contributed by atoms with van der Waals surface area (Å²) in [6, 6.07) is 4.44. The molecule has 0 atom stereocenters.